The van der Waals surface area contributed by atoms with Crippen LogP contribution in [0.4, 0.5) is 10.1 Å². The summed E-state index contributed by atoms with van der Waals surface area (Å²) in [6.45, 7) is 3.83. The monoisotopic (exact) mass is 396 g/mol. The fourth-order valence-corrected chi connectivity index (χ4v) is 3.63. The molecule has 0 aliphatic rings. The molecule has 3 aromatic heterocycles. The van der Waals surface area contributed by atoms with Gasteiger partial charge in [-0.25, -0.2) is 4.39 Å². The first-order valence-corrected chi connectivity index (χ1v) is 9.50. The summed E-state index contributed by atoms with van der Waals surface area (Å²) in [7, 11) is 0. The molecule has 3 heterocycles. The van der Waals surface area contributed by atoms with Gasteiger partial charge in [0.2, 0.25) is 11.8 Å². The van der Waals surface area contributed by atoms with E-state index < -0.39 is 5.82 Å². The molecular weight excluding hydrogens is 379 g/mol. The normalized spacial score (nSPS) is 11.0. The number of amides is 1. The van der Waals surface area contributed by atoms with Crippen molar-refractivity contribution in [3.63, 3.8) is 0 Å². The van der Waals surface area contributed by atoms with Crippen LogP contribution in [0.1, 0.15) is 11.4 Å². The number of hydrogen-bond donors (Lipinski definition) is 1. The van der Waals surface area contributed by atoms with E-state index in [2.05, 4.69) is 15.5 Å². The average molecular weight is 396 g/mol. The molecule has 28 heavy (non-hydrogen) atoms. The lowest BCUT2D eigenvalue weighted by atomic mass is 10.2. The summed E-state index contributed by atoms with van der Waals surface area (Å²) in [6.07, 6.45) is 0. The summed E-state index contributed by atoms with van der Waals surface area (Å²) in [4.78, 5) is 13.3. The molecule has 0 atom stereocenters. The van der Waals surface area contributed by atoms with Crippen molar-refractivity contribution in [2.75, 3.05) is 5.32 Å². The number of aryl methyl sites for hydroxylation is 1. The average Bonchev–Trinajstić information content (AvgIpc) is 3.40. The maximum atomic E-state index is 13.7. The van der Waals surface area contributed by atoms with Gasteiger partial charge in [-0.3, -0.25) is 4.79 Å². The predicted octanol–water partition coefficient (Wildman–Crippen LogP) is 4.66. The standard InChI is InChI=1S/C20H17FN4O2S/c1-12-10-14(19-23-24-20(27-19)17-8-5-9-28-17)13(2)25(12)11-18(26)22-16-7-4-3-6-15(16)21/h3-10H,11H2,1-2H3,(H,22,26). The van der Waals surface area contributed by atoms with Gasteiger partial charge in [0.25, 0.3) is 5.89 Å². The number of aromatic nitrogens is 3. The number of hydrogen-bond acceptors (Lipinski definition) is 5. The molecule has 0 aliphatic carbocycles. The van der Waals surface area contributed by atoms with Crippen LogP contribution >= 0.6 is 11.3 Å². The highest BCUT2D eigenvalue weighted by Gasteiger charge is 2.19. The zero-order chi connectivity index (χ0) is 19.7. The summed E-state index contributed by atoms with van der Waals surface area (Å²) in [5.74, 6) is 0.0806. The highest BCUT2D eigenvalue weighted by molar-refractivity contribution is 7.13. The van der Waals surface area contributed by atoms with Gasteiger partial charge in [0.1, 0.15) is 12.4 Å². The number of anilines is 1. The van der Waals surface area contributed by atoms with Crippen LogP contribution in [0.25, 0.3) is 22.2 Å². The van der Waals surface area contributed by atoms with Crippen molar-refractivity contribution in [1.29, 1.82) is 0 Å². The minimum Gasteiger partial charge on any atom is -0.415 e. The number of carbonyl (C=O) groups is 1. The molecular formula is C20H17FN4O2S. The van der Waals surface area contributed by atoms with Gasteiger partial charge in [-0.05, 0) is 43.5 Å². The predicted molar refractivity (Wildman–Crippen MR) is 106 cm³/mol. The zero-order valence-electron chi connectivity index (χ0n) is 15.3. The molecule has 1 amide bonds. The Labute approximate surface area is 164 Å². The third kappa shape index (κ3) is 3.46. The lowest BCUT2D eigenvalue weighted by molar-refractivity contribution is -0.116. The molecule has 0 bridgehead atoms. The molecule has 0 saturated heterocycles. The van der Waals surface area contributed by atoms with E-state index >= 15 is 0 Å². The Morgan fingerprint density at radius 1 is 1.18 bits per heavy atom. The van der Waals surface area contributed by atoms with Gasteiger partial charge in [0, 0.05) is 11.4 Å². The van der Waals surface area contributed by atoms with Crippen molar-refractivity contribution in [3.05, 3.63) is 65.0 Å². The smallest absolute Gasteiger partial charge is 0.258 e. The molecule has 0 fully saturated rings. The summed E-state index contributed by atoms with van der Waals surface area (Å²) in [5, 5.41) is 12.8. The Balaban J connectivity index is 1.56. The second-order valence-electron chi connectivity index (χ2n) is 6.29. The largest absolute Gasteiger partial charge is 0.415 e. The molecule has 4 rings (SSSR count). The molecule has 4 aromatic rings. The summed E-state index contributed by atoms with van der Waals surface area (Å²) in [5.41, 5.74) is 2.62. The van der Waals surface area contributed by atoms with Gasteiger partial charge in [0.15, 0.2) is 0 Å². The van der Waals surface area contributed by atoms with Crippen molar-refractivity contribution in [1.82, 2.24) is 14.8 Å². The Hall–Kier alpha value is -3.26. The molecule has 1 aromatic carbocycles. The fraction of sp³-hybridized carbons (Fsp3) is 0.150. The molecule has 1 N–H and O–H groups in total. The van der Waals surface area contributed by atoms with Gasteiger partial charge in [-0.1, -0.05) is 18.2 Å². The van der Waals surface area contributed by atoms with Crippen LogP contribution in [0.5, 0.6) is 0 Å². The molecule has 142 valence electrons. The van der Waals surface area contributed by atoms with E-state index in [9.17, 15) is 9.18 Å². The second kappa shape index (κ2) is 7.40. The van der Waals surface area contributed by atoms with Crippen LogP contribution in [-0.4, -0.2) is 20.7 Å². The summed E-state index contributed by atoms with van der Waals surface area (Å²) in [6, 6.07) is 11.8. The first kappa shape index (κ1) is 18.1. The maximum absolute atomic E-state index is 13.7. The highest BCUT2D eigenvalue weighted by atomic mass is 32.1. The quantitative estimate of drug-likeness (QED) is 0.532. The number of benzene rings is 1. The highest BCUT2D eigenvalue weighted by Crippen LogP contribution is 2.30. The first-order chi connectivity index (χ1) is 13.5. The van der Waals surface area contributed by atoms with Crippen LogP contribution in [0.3, 0.4) is 0 Å². The topological polar surface area (TPSA) is 73.0 Å². The van der Waals surface area contributed by atoms with Crippen molar-refractivity contribution in [2.45, 2.75) is 20.4 Å². The lowest BCUT2D eigenvalue weighted by Crippen LogP contribution is -2.20. The van der Waals surface area contributed by atoms with Gasteiger partial charge in [0.05, 0.1) is 16.1 Å². The Bertz CT molecular complexity index is 1130. The number of carbonyl (C=O) groups excluding carboxylic acids is 1. The number of thiophene rings is 1. The van der Waals surface area contributed by atoms with Gasteiger partial charge in [-0.2, -0.15) is 0 Å². The van der Waals surface area contributed by atoms with Crippen molar-refractivity contribution in [3.8, 4) is 22.2 Å². The molecule has 0 unspecified atom stereocenters. The Morgan fingerprint density at radius 3 is 2.71 bits per heavy atom. The number of para-hydroxylation sites is 1. The number of rotatable bonds is 5. The first-order valence-electron chi connectivity index (χ1n) is 8.62. The summed E-state index contributed by atoms with van der Waals surface area (Å²) >= 11 is 1.52. The third-order valence-electron chi connectivity index (χ3n) is 4.41. The van der Waals surface area contributed by atoms with Gasteiger partial charge in [-0.15, -0.1) is 21.5 Å². The molecule has 0 radical (unpaired) electrons. The minimum atomic E-state index is -0.468. The molecule has 0 spiro atoms. The minimum absolute atomic E-state index is 0.0535. The van der Waals surface area contributed by atoms with E-state index in [1.807, 2.05) is 42.0 Å². The van der Waals surface area contributed by atoms with Gasteiger partial charge < -0.3 is 14.3 Å². The zero-order valence-corrected chi connectivity index (χ0v) is 16.1. The molecule has 0 aliphatic heterocycles. The molecule has 8 heteroatoms. The number of nitrogens with zero attached hydrogens (tertiary/aromatic N) is 3. The van der Waals surface area contributed by atoms with E-state index in [1.54, 1.807) is 12.1 Å². The van der Waals surface area contributed by atoms with Crippen LogP contribution in [-0.2, 0) is 11.3 Å². The number of nitrogens with one attached hydrogen (secondary N) is 1. The Morgan fingerprint density at radius 2 is 1.96 bits per heavy atom. The van der Waals surface area contributed by atoms with E-state index in [4.69, 9.17) is 4.42 Å². The molecule has 0 saturated carbocycles. The van der Waals surface area contributed by atoms with Crippen molar-refractivity contribution >= 4 is 22.9 Å². The second-order valence-corrected chi connectivity index (χ2v) is 7.24. The van der Waals surface area contributed by atoms with E-state index in [-0.39, 0.29) is 18.1 Å². The van der Waals surface area contributed by atoms with E-state index in [0.29, 0.717) is 11.8 Å². The van der Waals surface area contributed by atoms with Crippen LogP contribution in [0.2, 0.25) is 0 Å². The maximum Gasteiger partial charge on any atom is 0.258 e. The summed E-state index contributed by atoms with van der Waals surface area (Å²) < 4.78 is 21.4. The van der Waals surface area contributed by atoms with Crippen molar-refractivity contribution in [2.24, 2.45) is 0 Å². The Kier molecular flexibility index (Phi) is 4.79. The van der Waals surface area contributed by atoms with E-state index in [0.717, 1.165) is 21.8 Å². The van der Waals surface area contributed by atoms with Gasteiger partial charge >= 0.3 is 0 Å². The number of halogens is 1. The lowest BCUT2D eigenvalue weighted by Gasteiger charge is -2.10. The van der Waals surface area contributed by atoms with Crippen LogP contribution in [0.15, 0.2) is 52.3 Å². The SMILES string of the molecule is Cc1cc(-c2nnc(-c3cccs3)o2)c(C)n1CC(=O)Nc1ccccc1F. The van der Waals surface area contributed by atoms with E-state index in [1.165, 1.54) is 23.5 Å². The van der Waals surface area contributed by atoms with Crippen LogP contribution in [0, 0.1) is 19.7 Å². The molecule has 6 nitrogen and oxygen atoms in total. The third-order valence-corrected chi connectivity index (χ3v) is 5.27. The van der Waals surface area contributed by atoms with Crippen LogP contribution < -0.4 is 5.32 Å². The van der Waals surface area contributed by atoms with Crippen molar-refractivity contribution < 1.29 is 13.6 Å². The fourth-order valence-electron chi connectivity index (χ4n) is 2.99.